The molecule has 1 aliphatic carbocycles. The van der Waals surface area contributed by atoms with E-state index < -0.39 is 35.5 Å². The average molecular weight is 583 g/mol. The summed E-state index contributed by atoms with van der Waals surface area (Å²) in [6, 6.07) is 15.6. The molecule has 0 aliphatic heterocycles. The van der Waals surface area contributed by atoms with E-state index in [1.807, 2.05) is 36.4 Å². The van der Waals surface area contributed by atoms with Crippen molar-refractivity contribution < 1.29 is 33.7 Å². The van der Waals surface area contributed by atoms with E-state index in [0.717, 1.165) is 22.3 Å². The van der Waals surface area contributed by atoms with Crippen LogP contribution in [0, 0.1) is 0 Å². The molecule has 0 heterocycles. The molecule has 2 aromatic rings. The van der Waals surface area contributed by atoms with E-state index in [4.69, 9.17) is 14.2 Å². The molecule has 42 heavy (non-hydrogen) atoms. The lowest BCUT2D eigenvalue weighted by atomic mass is 9.98. The van der Waals surface area contributed by atoms with Crippen LogP contribution in [-0.4, -0.2) is 66.3 Å². The highest BCUT2D eigenvalue weighted by Gasteiger charge is 2.29. The van der Waals surface area contributed by atoms with Crippen molar-refractivity contribution in [2.24, 2.45) is 4.99 Å². The van der Waals surface area contributed by atoms with Gasteiger partial charge in [0.15, 0.2) is 0 Å². The van der Waals surface area contributed by atoms with Gasteiger partial charge in [-0.15, -0.1) is 0 Å². The fraction of sp³-hybridized carbons (Fsp3) is 0.484. The number of nitrogens with one attached hydrogen (secondary N) is 3. The molecular weight excluding hydrogens is 540 g/mol. The fourth-order valence-corrected chi connectivity index (χ4v) is 4.46. The minimum atomic E-state index is -0.789. The highest BCUT2D eigenvalue weighted by atomic mass is 16.6. The summed E-state index contributed by atoms with van der Waals surface area (Å²) in [6.45, 7) is 10.3. The smallest absolute Gasteiger partial charge is 0.414 e. The van der Waals surface area contributed by atoms with Crippen molar-refractivity contribution >= 4 is 24.2 Å². The summed E-state index contributed by atoms with van der Waals surface area (Å²) in [6.07, 6.45) is -1.41. The Bertz CT molecular complexity index is 1200. The van der Waals surface area contributed by atoms with Crippen LogP contribution in [0.5, 0.6) is 0 Å². The molecule has 0 bridgehead atoms. The first-order valence-electron chi connectivity index (χ1n) is 14.0. The minimum Gasteiger partial charge on any atom is -0.449 e. The zero-order chi connectivity index (χ0) is 30.9. The van der Waals surface area contributed by atoms with Gasteiger partial charge in [-0.05, 0) is 76.6 Å². The van der Waals surface area contributed by atoms with Gasteiger partial charge in [-0.1, -0.05) is 48.5 Å². The number of fused-ring (bicyclic) bond motifs is 3. The fourth-order valence-electron chi connectivity index (χ4n) is 4.46. The number of benzene rings is 2. The van der Waals surface area contributed by atoms with Crippen molar-refractivity contribution in [3.8, 4) is 11.1 Å². The molecule has 3 amide bonds. The molecule has 2 aromatic carbocycles. The summed E-state index contributed by atoms with van der Waals surface area (Å²) in [5.74, 6) is -0.207. The van der Waals surface area contributed by atoms with Crippen LogP contribution in [-0.2, 0) is 14.2 Å². The Morgan fingerprint density at radius 1 is 0.833 bits per heavy atom. The average Bonchev–Trinajstić information content (AvgIpc) is 3.20. The number of hydrogen-bond acceptors (Lipinski definition) is 8. The highest BCUT2D eigenvalue weighted by Crippen LogP contribution is 2.44. The molecule has 0 saturated carbocycles. The molecule has 1 atom stereocenters. The Morgan fingerprint density at radius 3 is 1.81 bits per heavy atom. The van der Waals surface area contributed by atoms with Gasteiger partial charge in [0.2, 0.25) is 5.96 Å². The molecule has 11 heteroatoms. The molecule has 3 rings (SSSR count). The lowest BCUT2D eigenvalue weighted by Gasteiger charge is -2.22. The molecule has 228 valence electrons. The second-order valence-corrected chi connectivity index (χ2v) is 12.0. The highest BCUT2D eigenvalue weighted by molar-refractivity contribution is 6.01. The topological polar surface area (TPSA) is 148 Å². The molecule has 11 nitrogen and oxygen atoms in total. The number of amides is 3. The summed E-state index contributed by atoms with van der Waals surface area (Å²) in [7, 11) is 0. The number of rotatable bonds is 8. The van der Waals surface area contributed by atoms with Gasteiger partial charge in [0.1, 0.15) is 17.8 Å². The predicted octanol–water partition coefficient (Wildman–Crippen LogP) is 5.07. The van der Waals surface area contributed by atoms with Crippen LogP contribution in [0.2, 0.25) is 0 Å². The zero-order valence-corrected chi connectivity index (χ0v) is 25.2. The van der Waals surface area contributed by atoms with Gasteiger partial charge in [0.05, 0.1) is 12.6 Å². The van der Waals surface area contributed by atoms with Gasteiger partial charge >= 0.3 is 18.3 Å². The monoisotopic (exact) mass is 582 g/mol. The van der Waals surface area contributed by atoms with E-state index in [1.54, 1.807) is 41.5 Å². The van der Waals surface area contributed by atoms with Crippen molar-refractivity contribution in [1.82, 2.24) is 16.0 Å². The van der Waals surface area contributed by atoms with E-state index in [9.17, 15) is 19.5 Å². The van der Waals surface area contributed by atoms with Gasteiger partial charge in [-0.2, -0.15) is 0 Å². The Labute approximate surface area is 247 Å². The quantitative estimate of drug-likeness (QED) is 0.147. The number of aliphatic hydroxyl groups is 1. The maximum absolute atomic E-state index is 12.6. The van der Waals surface area contributed by atoms with Crippen molar-refractivity contribution in [3.63, 3.8) is 0 Å². The Morgan fingerprint density at radius 2 is 1.33 bits per heavy atom. The molecule has 0 fully saturated rings. The first-order chi connectivity index (χ1) is 19.8. The minimum absolute atomic E-state index is 0.0709. The zero-order valence-electron chi connectivity index (χ0n) is 25.2. The van der Waals surface area contributed by atoms with Crippen LogP contribution in [0.1, 0.15) is 71.4 Å². The van der Waals surface area contributed by atoms with Gasteiger partial charge in [0, 0.05) is 12.5 Å². The number of carbonyl (C=O) groups excluding carboxylic acids is 3. The summed E-state index contributed by atoms with van der Waals surface area (Å²) in [5, 5.41) is 17.4. The second kappa shape index (κ2) is 14.2. The number of alkyl carbamates (subject to hydrolysis) is 3. The van der Waals surface area contributed by atoms with E-state index in [1.165, 1.54) is 0 Å². The lowest BCUT2D eigenvalue weighted by molar-refractivity contribution is 0.0544. The molecule has 0 unspecified atom stereocenters. The Balaban J connectivity index is 1.52. The van der Waals surface area contributed by atoms with E-state index in [0.29, 0.717) is 12.8 Å². The van der Waals surface area contributed by atoms with Crippen molar-refractivity contribution in [2.45, 2.75) is 77.5 Å². The third-order valence-electron chi connectivity index (χ3n) is 6.11. The first kappa shape index (κ1) is 32.4. The van der Waals surface area contributed by atoms with Crippen molar-refractivity contribution in [2.75, 3.05) is 19.8 Å². The summed E-state index contributed by atoms with van der Waals surface area (Å²) >= 11 is 0. The van der Waals surface area contributed by atoms with Crippen LogP contribution in [0.15, 0.2) is 53.5 Å². The summed E-state index contributed by atoms with van der Waals surface area (Å²) in [5.41, 5.74) is 2.99. The lowest BCUT2D eigenvalue weighted by Crippen LogP contribution is -2.47. The molecule has 0 radical (unpaired) electrons. The maximum atomic E-state index is 12.6. The number of aliphatic hydroxyl groups excluding tert-OH is 1. The number of ether oxygens (including phenoxy) is 3. The number of guanidine groups is 1. The van der Waals surface area contributed by atoms with Crippen molar-refractivity contribution in [3.05, 3.63) is 59.7 Å². The molecule has 0 aromatic heterocycles. The standard InChI is InChI=1S/C31H42N4O7/c1-30(2,3)41-28(38)34-26(35-29(39)42-31(4,5)6)32-17-11-12-20(18-36)33-27(37)40-19-25-23-15-9-7-13-21(23)22-14-8-10-16-24(22)25/h7-10,13-16,20,25,36H,11-12,17-19H2,1-6H3,(H,33,37)(H2,32,34,35,38,39)/t20-/m0/s1. The van der Waals surface area contributed by atoms with Gasteiger partial charge in [0.25, 0.3) is 0 Å². The van der Waals surface area contributed by atoms with Crippen LogP contribution < -0.4 is 16.0 Å². The largest absolute Gasteiger partial charge is 0.449 e. The second-order valence-electron chi connectivity index (χ2n) is 12.0. The van der Waals surface area contributed by atoms with Crippen molar-refractivity contribution in [1.29, 1.82) is 0 Å². The maximum Gasteiger partial charge on any atom is 0.414 e. The van der Waals surface area contributed by atoms with Crippen LogP contribution in [0.4, 0.5) is 14.4 Å². The normalized spacial score (nSPS) is 13.2. The van der Waals surface area contributed by atoms with E-state index in [2.05, 4.69) is 33.1 Å². The molecule has 4 N–H and O–H groups in total. The molecular formula is C31H42N4O7. The predicted molar refractivity (Wildman–Crippen MR) is 159 cm³/mol. The Kier molecular flexibility index (Phi) is 10.9. The molecule has 0 spiro atoms. The summed E-state index contributed by atoms with van der Waals surface area (Å²) < 4.78 is 16.0. The van der Waals surface area contributed by atoms with Crippen LogP contribution >= 0.6 is 0 Å². The number of carbonyl (C=O) groups is 3. The van der Waals surface area contributed by atoms with Gasteiger partial charge < -0.3 is 24.6 Å². The van der Waals surface area contributed by atoms with Gasteiger partial charge in [-0.3, -0.25) is 15.6 Å². The van der Waals surface area contributed by atoms with Gasteiger partial charge in [-0.25, -0.2) is 14.4 Å². The number of aliphatic imine (C=N–C) groups is 1. The third kappa shape index (κ3) is 10.1. The van der Waals surface area contributed by atoms with E-state index in [-0.39, 0.29) is 31.6 Å². The summed E-state index contributed by atoms with van der Waals surface area (Å²) in [4.78, 5) is 41.3. The number of hydrogen-bond donors (Lipinski definition) is 4. The van der Waals surface area contributed by atoms with Crippen LogP contribution in [0.25, 0.3) is 11.1 Å². The third-order valence-corrected chi connectivity index (χ3v) is 6.11. The molecule has 0 saturated heterocycles. The van der Waals surface area contributed by atoms with E-state index >= 15 is 0 Å². The SMILES string of the molecule is CC(C)(C)OC(=O)NC(=NCCC[C@@H](CO)NC(=O)OCC1c2ccccc2-c2ccccc21)NC(=O)OC(C)(C)C. The first-order valence-corrected chi connectivity index (χ1v) is 14.0. The Hall–Kier alpha value is -4.12. The van der Waals surface area contributed by atoms with Crippen LogP contribution in [0.3, 0.4) is 0 Å². The number of nitrogens with zero attached hydrogens (tertiary/aromatic N) is 1. The molecule has 1 aliphatic rings.